The number of ether oxygens (including phenoxy) is 2. The van der Waals surface area contributed by atoms with Gasteiger partial charge in [-0.2, -0.15) is 21.6 Å². The minimum Gasteiger partial charge on any atom is -0.465 e. The van der Waals surface area contributed by atoms with Crippen molar-refractivity contribution in [1.29, 1.82) is 0 Å². The van der Waals surface area contributed by atoms with E-state index in [0.717, 1.165) is 17.7 Å². The summed E-state index contributed by atoms with van der Waals surface area (Å²) in [4.78, 5) is 25.5. The first-order valence-electron chi connectivity index (χ1n) is 11.5. The third kappa shape index (κ3) is 9.69. The lowest BCUT2D eigenvalue weighted by atomic mass is 10.0. The average Bonchev–Trinajstić information content (AvgIpc) is 2.82. The number of benzene rings is 2. The van der Waals surface area contributed by atoms with Crippen LogP contribution in [0.2, 0.25) is 0 Å². The van der Waals surface area contributed by atoms with E-state index in [1.807, 2.05) is 44.2 Å². The number of alkyl halides is 3. The Morgan fingerprint density at radius 3 is 2.03 bits per heavy atom. The second kappa shape index (κ2) is 13.4. The van der Waals surface area contributed by atoms with E-state index in [2.05, 4.69) is 9.50 Å². The number of hydrogen-bond acceptors (Lipinski definition) is 8. The summed E-state index contributed by atoms with van der Waals surface area (Å²) in [5, 5.41) is 3.00. The van der Waals surface area contributed by atoms with Gasteiger partial charge in [-0.15, -0.1) is 0 Å². The predicted octanol–water partition coefficient (Wildman–Crippen LogP) is 4.14. The highest BCUT2D eigenvalue weighted by atomic mass is 32.2. The van der Waals surface area contributed by atoms with E-state index in [-0.39, 0.29) is 25.6 Å². The van der Waals surface area contributed by atoms with Gasteiger partial charge in [0.25, 0.3) is 0 Å². The van der Waals surface area contributed by atoms with Crippen molar-refractivity contribution < 1.29 is 44.8 Å². The molecule has 0 aliphatic carbocycles. The molecule has 0 heterocycles. The number of rotatable bonds is 13. The van der Waals surface area contributed by atoms with Crippen LogP contribution in [-0.2, 0) is 42.2 Å². The van der Waals surface area contributed by atoms with Gasteiger partial charge in [0, 0.05) is 0 Å². The van der Waals surface area contributed by atoms with Gasteiger partial charge >= 0.3 is 27.6 Å². The molecule has 0 aliphatic rings. The maximum absolute atomic E-state index is 12.9. The first kappa shape index (κ1) is 30.1. The molecule has 2 aromatic carbocycles. The Bertz CT molecular complexity index is 1120. The van der Waals surface area contributed by atoms with Gasteiger partial charge in [-0.3, -0.25) is 14.9 Å². The van der Waals surface area contributed by atoms with Gasteiger partial charge in [0.15, 0.2) is 0 Å². The minimum absolute atomic E-state index is 0.00565. The third-order valence-corrected chi connectivity index (χ3v) is 6.02. The zero-order valence-electron chi connectivity index (χ0n) is 20.7. The van der Waals surface area contributed by atoms with Crippen LogP contribution in [0.4, 0.5) is 13.2 Å². The van der Waals surface area contributed by atoms with Crippen LogP contribution in [0, 0.1) is 5.92 Å². The zero-order valence-corrected chi connectivity index (χ0v) is 21.5. The standard InChI is InChI=1S/C25H30F3NO7S/c1-4-34-23(30)22(15-18-10-12-20(13-11-18)36-37(32,33)25(26,27)28)29-21(14-17(2)3)24(31)35-16-19-8-6-5-7-9-19/h5-13,17,21-22,29H,4,14-16H2,1-3H3. The molecular weight excluding hydrogens is 515 g/mol. The second-order valence-corrected chi connectivity index (χ2v) is 10.1. The molecule has 0 amide bonds. The van der Waals surface area contributed by atoms with Gasteiger partial charge in [-0.25, -0.2) is 0 Å². The van der Waals surface area contributed by atoms with Gasteiger partial charge in [0.1, 0.15) is 24.4 Å². The van der Waals surface area contributed by atoms with Crippen LogP contribution in [0.5, 0.6) is 5.75 Å². The summed E-state index contributed by atoms with van der Waals surface area (Å²) in [6.45, 7) is 5.59. The quantitative estimate of drug-likeness (QED) is 0.227. The Morgan fingerprint density at radius 2 is 1.49 bits per heavy atom. The second-order valence-electron chi connectivity index (χ2n) is 8.58. The van der Waals surface area contributed by atoms with Gasteiger partial charge < -0.3 is 13.7 Å². The number of hydrogen-bond donors (Lipinski definition) is 1. The summed E-state index contributed by atoms with van der Waals surface area (Å²) >= 11 is 0. The number of nitrogens with one attached hydrogen (secondary N) is 1. The lowest BCUT2D eigenvalue weighted by Crippen LogP contribution is -2.50. The van der Waals surface area contributed by atoms with Crippen molar-refractivity contribution in [2.75, 3.05) is 6.61 Å². The molecule has 204 valence electrons. The van der Waals surface area contributed by atoms with Crippen LogP contribution in [0.3, 0.4) is 0 Å². The minimum atomic E-state index is -5.81. The maximum Gasteiger partial charge on any atom is 0.534 e. The number of esters is 2. The molecule has 2 rings (SSSR count). The van der Waals surface area contributed by atoms with Crippen molar-refractivity contribution in [1.82, 2.24) is 5.32 Å². The van der Waals surface area contributed by atoms with Gasteiger partial charge in [0.2, 0.25) is 0 Å². The Labute approximate surface area is 214 Å². The highest BCUT2D eigenvalue weighted by Gasteiger charge is 2.48. The normalized spacial score (nSPS) is 13.6. The fourth-order valence-corrected chi connectivity index (χ4v) is 3.78. The molecule has 37 heavy (non-hydrogen) atoms. The molecular formula is C25H30F3NO7S. The summed E-state index contributed by atoms with van der Waals surface area (Å²) in [5.41, 5.74) is -4.30. The fourth-order valence-electron chi connectivity index (χ4n) is 3.32. The molecule has 0 saturated heterocycles. The van der Waals surface area contributed by atoms with Crippen LogP contribution in [0.1, 0.15) is 38.3 Å². The smallest absolute Gasteiger partial charge is 0.465 e. The van der Waals surface area contributed by atoms with E-state index < -0.39 is 45.4 Å². The van der Waals surface area contributed by atoms with E-state index in [9.17, 15) is 31.2 Å². The monoisotopic (exact) mass is 545 g/mol. The van der Waals surface area contributed by atoms with E-state index in [0.29, 0.717) is 12.0 Å². The molecule has 2 unspecified atom stereocenters. The molecule has 0 bridgehead atoms. The summed E-state index contributed by atoms with van der Waals surface area (Å²) < 4.78 is 74.7. The first-order chi connectivity index (χ1) is 17.3. The predicted molar refractivity (Wildman–Crippen MR) is 129 cm³/mol. The Morgan fingerprint density at radius 1 is 0.892 bits per heavy atom. The molecule has 12 heteroatoms. The van der Waals surface area contributed by atoms with Crippen molar-refractivity contribution >= 4 is 22.1 Å². The summed E-state index contributed by atoms with van der Waals surface area (Å²) in [5.74, 6) is -1.64. The summed E-state index contributed by atoms with van der Waals surface area (Å²) in [6.07, 6.45) is 0.372. The largest absolute Gasteiger partial charge is 0.534 e. The highest BCUT2D eigenvalue weighted by Crippen LogP contribution is 2.27. The molecule has 0 aliphatic heterocycles. The van der Waals surface area contributed by atoms with Gasteiger partial charge in [-0.1, -0.05) is 56.3 Å². The van der Waals surface area contributed by atoms with E-state index in [1.165, 1.54) is 12.1 Å². The topological polar surface area (TPSA) is 108 Å². The summed E-state index contributed by atoms with van der Waals surface area (Å²) in [7, 11) is -5.81. The molecule has 0 spiro atoms. The molecule has 2 atom stereocenters. The highest BCUT2D eigenvalue weighted by molar-refractivity contribution is 7.88. The van der Waals surface area contributed by atoms with Crippen molar-refractivity contribution in [3.63, 3.8) is 0 Å². The maximum atomic E-state index is 12.9. The first-order valence-corrected chi connectivity index (χ1v) is 13.0. The zero-order chi connectivity index (χ0) is 27.6. The van der Waals surface area contributed by atoms with Crippen molar-refractivity contribution in [3.8, 4) is 5.75 Å². The average molecular weight is 546 g/mol. The van der Waals surface area contributed by atoms with Crippen molar-refractivity contribution in [2.24, 2.45) is 5.92 Å². The number of carbonyl (C=O) groups excluding carboxylic acids is 2. The van der Waals surface area contributed by atoms with Crippen LogP contribution in [0.25, 0.3) is 0 Å². The van der Waals surface area contributed by atoms with Crippen LogP contribution in [-0.4, -0.2) is 44.6 Å². The molecule has 0 radical (unpaired) electrons. The summed E-state index contributed by atoms with van der Waals surface area (Å²) in [6, 6.07) is 12.0. The fraction of sp³-hybridized carbons (Fsp3) is 0.440. The Kier molecular flexibility index (Phi) is 10.9. The SMILES string of the molecule is CCOC(=O)C(Cc1ccc(OS(=O)(=O)C(F)(F)F)cc1)NC(CC(C)C)C(=O)OCc1ccccc1. The lowest BCUT2D eigenvalue weighted by Gasteiger charge is -2.25. The molecule has 2 aromatic rings. The van der Waals surface area contributed by atoms with E-state index in [1.54, 1.807) is 6.92 Å². The molecule has 0 fully saturated rings. The Balaban J connectivity index is 2.16. The van der Waals surface area contributed by atoms with E-state index >= 15 is 0 Å². The number of halogens is 3. The molecule has 1 N–H and O–H groups in total. The van der Waals surface area contributed by atoms with E-state index in [4.69, 9.17) is 9.47 Å². The molecule has 8 nitrogen and oxygen atoms in total. The number of carbonyl (C=O) groups is 2. The van der Waals surface area contributed by atoms with Crippen molar-refractivity contribution in [2.45, 2.75) is 57.8 Å². The van der Waals surface area contributed by atoms with Gasteiger partial charge in [-0.05, 0) is 48.9 Å². The molecule has 0 aromatic heterocycles. The van der Waals surface area contributed by atoms with Crippen LogP contribution < -0.4 is 9.50 Å². The lowest BCUT2D eigenvalue weighted by molar-refractivity contribution is -0.150. The van der Waals surface area contributed by atoms with Gasteiger partial charge in [0.05, 0.1) is 6.61 Å². The molecule has 0 saturated carbocycles. The van der Waals surface area contributed by atoms with Crippen molar-refractivity contribution in [3.05, 3.63) is 65.7 Å². The van der Waals surface area contributed by atoms with Crippen LogP contribution in [0.15, 0.2) is 54.6 Å². The van der Waals surface area contributed by atoms with Crippen LogP contribution >= 0.6 is 0 Å². The Hall–Kier alpha value is -3.12. The third-order valence-electron chi connectivity index (χ3n) is 5.04.